The minimum atomic E-state index is 0.141. The Kier molecular flexibility index (Phi) is 3.91. The van der Waals surface area contributed by atoms with Gasteiger partial charge < -0.3 is 14.8 Å². The molecule has 24 heavy (non-hydrogen) atoms. The highest BCUT2D eigenvalue weighted by atomic mass is 16.2. The standard InChI is InChI=1S/C19H20N4O/c24-19(14-18-20-16-8-4-5-9-17(16)21-18)23-12-10-22(11-13-23)15-6-2-1-3-7-15/h1-9H,10-14H2,(H,20,21). The Morgan fingerprint density at radius 3 is 2.42 bits per heavy atom. The van der Waals surface area contributed by atoms with Gasteiger partial charge in [-0.25, -0.2) is 4.98 Å². The van der Waals surface area contributed by atoms with Gasteiger partial charge in [-0.3, -0.25) is 4.79 Å². The van der Waals surface area contributed by atoms with E-state index in [0.717, 1.165) is 43.0 Å². The average Bonchev–Trinajstić information content (AvgIpc) is 3.05. The molecule has 1 aliphatic heterocycles. The number of aromatic amines is 1. The van der Waals surface area contributed by atoms with Crippen LogP contribution < -0.4 is 4.90 Å². The van der Waals surface area contributed by atoms with Gasteiger partial charge in [0.25, 0.3) is 0 Å². The summed E-state index contributed by atoms with van der Waals surface area (Å²) in [6.45, 7) is 3.26. The van der Waals surface area contributed by atoms with Crippen LogP contribution >= 0.6 is 0 Å². The first kappa shape index (κ1) is 14.8. The summed E-state index contributed by atoms with van der Waals surface area (Å²) in [4.78, 5) is 24.5. The first-order valence-electron chi connectivity index (χ1n) is 8.31. The van der Waals surface area contributed by atoms with E-state index in [-0.39, 0.29) is 5.91 Å². The van der Waals surface area contributed by atoms with Crippen molar-refractivity contribution in [2.75, 3.05) is 31.1 Å². The molecule has 5 heteroatoms. The number of fused-ring (bicyclic) bond motifs is 1. The lowest BCUT2D eigenvalue weighted by Gasteiger charge is -2.36. The van der Waals surface area contributed by atoms with Gasteiger partial charge in [-0.15, -0.1) is 0 Å². The van der Waals surface area contributed by atoms with Crippen molar-refractivity contribution in [3.05, 3.63) is 60.4 Å². The lowest BCUT2D eigenvalue weighted by Crippen LogP contribution is -2.49. The van der Waals surface area contributed by atoms with Crippen molar-refractivity contribution in [3.8, 4) is 0 Å². The molecule has 2 heterocycles. The fourth-order valence-corrected chi connectivity index (χ4v) is 3.20. The predicted octanol–water partition coefficient (Wildman–Crippen LogP) is 2.45. The normalized spacial score (nSPS) is 15.0. The number of rotatable bonds is 3. The summed E-state index contributed by atoms with van der Waals surface area (Å²) in [5.41, 5.74) is 3.12. The van der Waals surface area contributed by atoms with Crippen LogP contribution in [-0.2, 0) is 11.2 Å². The Hall–Kier alpha value is -2.82. The van der Waals surface area contributed by atoms with Crippen molar-refractivity contribution >= 4 is 22.6 Å². The number of hydrogen-bond acceptors (Lipinski definition) is 3. The Labute approximate surface area is 140 Å². The number of nitrogens with zero attached hydrogens (tertiary/aromatic N) is 3. The number of para-hydroxylation sites is 3. The maximum atomic E-state index is 12.5. The van der Waals surface area contributed by atoms with Gasteiger partial charge in [0, 0.05) is 31.9 Å². The molecule has 1 aromatic heterocycles. The van der Waals surface area contributed by atoms with Crippen LogP contribution in [0.1, 0.15) is 5.82 Å². The minimum absolute atomic E-state index is 0.141. The zero-order valence-corrected chi connectivity index (χ0v) is 13.5. The molecule has 0 atom stereocenters. The molecular formula is C19H20N4O. The van der Waals surface area contributed by atoms with E-state index >= 15 is 0 Å². The average molecular weight is 320 g/mol. The number of piperazine rings is 1. The summed E-state index contributed by atoms with van der Waals surface area (Å²) in [5.74, 6) is 0.883. The maximum Gasteiger partial charge on any atom is 0.230 e. The Balaban J connectivity index is 1.37. The SMILES string of the molecule is O=C(Cc1nc2ccccc2[nH]1)N1CCN(c2ccccc2)CC1. The number of imidazole rings is 1. The topological polar surface area (TPSA) is 52.2 Å². The van der Waals surface area contributed by atoms with Gasteiger partial charge in [0.15, 0.2) is 0 Å². The number of H-pyrrole nitrogens is 1. The van der Waals surface area contributed by atoms with Crippen molar-refractivity contribution in [1.29, 1.82) is 0 Å². The molecule has 2 aromatic carbocycles. The molecule has 1 N–H and O–H groups in total. The minimum Gasteiger partial charge on any atom is -0.368 e. The Bertz CT molecular complexity index is 802. The van der Waals surface area contributed by atoms with Crippen LogP contribution in [0.25, 0.3) is 11.0 Å². The van der Waals surface area contributed by atoms with Crippen LogP contribution in [0, 0.1) is 0 Å². The van der Waals surface area contributed by atoms with E-state index in [1.807, 2.05) is 35.2 Å². The molecule has 0 radical (unpaired) electrons. The fourth-order valence-electron chi connectivity index (χ4n) is 3.20. The monoisotopic (exact) mass is 320 g/mol. The smallest absolute Gasteiger partial charge is 0.230 e. The maximum absolute atomic E-state index is 12.5. The van der Waals surface area contributed by atoms with Gasteiger partial charge in [-0.2, -0.15) is 0 Å². The summed E-state index contributed by atoms with van der Waals surface area (Å²) in [6, 6.07) is 18.2. The van der Waals surface area contributed by atoms with Crippen LogP contribution in [0.2, 0.25) is 0 Å². The molecule has 0 saturated carbocycles. The number of carbonyl (C=O) groups excluding carboxylic acids is 1. The molecule has 1 fully saturated rings. The van der Waals surface area contributed by atoms with E-state index in [1.165, 1.54) is 5.69 Å². The molecule has 4 rings (SSSR count). The van der Waals surface area contributed by atoms with Crippen molar-refractivity contribution in [2.24, 2.45) is 0 Å². The van der Waals surface area contributed by atoms with E-state index in [1.54, 1.807) is 0 Å². The number of anilines is 1. The second-order valence-electron chi connectivity index (χ2n) is 6.08. The highest BCUT2D eigenvalue weighted by Gasteiger charge is 2.22. The van der Waals surface area contributed by atoms with Crippen LogP contribution in [-0.4, -0.2) is 47.0 Å². The number of hydrogen-bond donors (Lipinski definition) is 1. The zero-order chi connectivity index (χ0) is 16.4. The number of nitrogens with one attached hydrogen (secondary N) is 1. The van der Waals surface area contributed by atoms with Gasteiger partial charge >= 0.3 is 0 Å². The predicted molar refractivity (Wildman–Crippen MR) is 95.0 cm³/mol. The van der Waals surface area contributed by atoms with E-state index in [9.17, 15) is 4.79 Å². The van der Waals surface area contributed by atoms with Crippen molar-refractivity contribution in [2.45, 2.75) is 6.42 Å². The third kappa shape index (κ3) is 2.97. The third-order valence-corrected chi connectivity index (χ3v) is 4.51. The van der Waals surface area contributed by atoms with Crippen LogP contribution in [0.15, 0.2) is 54.6 Å². The second kappa shape index (κ2) is 6.35. The first-order valence-corrected chi connectivity index (χ1v) is 8.31. The summed E-state index contributed by atoms with van der Waals surface area (Å²) < 4.78 is 0. The van der Waals surface area contributed by atoms with E-state index < -0.39 is 0 Å². The molecule has 1 amide bonds. The molecule has 1 aliphatic rings. The molecule has 3 aromatic rings. The highest BCUT2D eigenvalue weighted by molar-refractivity contribution is 5.80. The van der Waals surface area contributed by atoms with Crippen LogP contribution in [0.4, 0.5) is 5.69 Å². The molecule has 0 spiro atoms. The Morgan fingerprint density at radius 2 is 1.67 bits per heavy atom. The molecule has 5 nitrogen and oxygen atoms in total. The quantitative estimate of drug-likeness (QED) is 0.806. The second-order valence-corrected chi connectivity index (χ2v) is 6.08. The van der Waals surface area contributed by atoms with Crippen molar-refractivity contribution in [1.82, 2.24) is 14.9 Å². The summed E-state index contributed by atoms with van der Waals surface area (Å²) in [5, 5.41) is 0. The summed E-state index contributed by atoms with van der Waals surface area (Å²) >= 11 is 0. The number of carbonyl (C=O) groups is 1. The van der Waals surface area contributed by atoms with Gasteiger partial charge in [0.1, 0.15) is 5.82 Å². The van der Waals surface area contributed by atoms with E-state index in [0.29, 0.717) is 6.42 Å². The molecule has 0 unspecified atom stereocenters. The lowest BCUT2D eigenvalue weighted by molar-refractivity contribution is -0.130. The van der Waals surface area contributed by atoms with Gasteiger partial charge in [0.05, 0.1) is 17.5 Å². The number of amides is 1. The Morgan fingerprint density at radius 1 is 0.958 bits per heavy atom. The van der Waals surface area contributed by atoms with E-state index in [2.05, 4.69) is 39.1 Å². The third-order valence-electron chi connectivity index (χ3n) is 4.51. The number of benzene rings is 2. The highest BCUT2D eigenvalue weighted by Crippen LogP contribution is 2.16. The van der Waals surface area contributed by atoms with Crippen LogP contribution in [0.3, 0.4) is 0 Å². The van der Waals surface area contributed by atoms with Crippen molar-refractivity contribution < 1.29 is 4.79 Å². The van der Waals surface area contributed by atoms with Gasteiger partial charge in [-0.1, -0.05) is 30.3 Å². The largest absolute Gasteiger partial charge is 0.368 e. The summed E-state index contributed by atoms with van der Waals surface area (Å²) in [7, 11) is 0. The molecular weight excluding hydrogens is 300 g/mol. The molecule has 0 bridgehead atoms. The van der Waals surface area contributed by atoms with Gasteiger partial charge in [-0.05, 0) is 24.3 Å². The molecule has 122 valence electrons. The number of aromatic nitrogens is 2. The lowest BCUT2D eigenvalue weighted by atomic mass is 10.2. The van der Waals surface area contributed by atoms with Crippen molar-refractivity contribution in [3.63, 3.8) is 0 Å². The van der Waals surface area contributed by atoms with Gasteiger partial charge in [0.2, 0.25) is 5.91 Å². The molecule has 0 aliphatic carbocycles. The van der Waals surface area contributed by atoms with E-state index in [4.69, 9.17) is 0 Å². The van der Waals surface area contributed by atoms with Crippen LogP contribution in [0.5, 0.6) is 0 Å². The first-order chi connectivity index (χ1) is 11.8. The summed E-state index contributed by atoms with van der Waals surface area (Å²) in [6.07, 6.45) is 0.333. The zero-order valence-electron chi connectivity index (χ0n) is 13.5. The fraction of sp³-hybridized carbons (Fsp3) is 0.263. The molecule has 1 saturated heterocycles.